The summed E-state index contributed by atoms with van der Waals surface area (Å²) in [4.78, 5) is 10.6. The molecule has 1 N–H and O–H groups in total. The number of carbonyl (C=O) groups excluding carboxylic acids is 1. The van der Waals surface area contributed by atoms with E-state index in [0.29, 0.717) is 5.92 Å². The van der Waals surface area contributed by atoms with Crippen LogP contribution in [0.25, 0.3) is 0 Å². The van der Waals surface area contributed by atoms with E-state index in [9.17, 15) is 4.79 Å². The molecule has 2 nitrogen and oxygen atoms in total. The summed E-state index contributed by atoms with van der Waals surface area (Å²) in [6.45, 7) is 7.36. The van der Waals surface area contributed by atoms with Crippen LogP contribution >= 0.6 is 0 Å². The Balaban J connectivity index is 0.000000148. The van der Waals surface area contributed by atoms with Crippen molar-refractivity contribution in [3.63, 3.8) is 0 Å². The van der Waals surface area contributed by atoms with Crippen molar-refractivity contribution in [3.05, 3.63) is 41.0 Å². The SMILES string of the molecule is CC1=CC(=O)CC1C.Cc1ccc2c(c1)NCCC2. The predicted molar refractivity (Wildman–Crippen MR) is 80.5 cm³/mol. The standard InChI is InChI=1S/C10H13N.C7H10O/c1-8-4-5-9-3-2-6-11-10(9)7-8;1-5-3-7(8)4-6(5)2/h4-5,7,11H,2-3,6H2,1H3;3,6H,4H2,1-2H3. The number of aryl methyl sites for hydroxylation is 2. The van der Waals surface area contributed by atoms with Gasteiger partial charge in [-0.05, 0) is 55.9 Å². The van der Waals surface area contributed by atoms with Gasteiger partial charge in [0.05, 0.1) is 0 Å². The Kier molecular flexibility index (Phi) is 4.41. The molecule has 1 unspecified atom stereocenters. The zero-order chi connectivity index (χ0) is 13.8. The number of nitrogens with one attached hydrogen (secondary N) is 1. The van der Waals surface area contributed by atoms with Gasteiger partial charge in [-0.1, -0.05) is 24.6 Å². The van der Waals surface area contributed by atoms with Crippen molar-refractivity contribution < 1.29 is 4.79 Å². The van der Waals surface area contributed by atoms with Crippen molar-refractivity contribution in [2.75, 3.05) is 11.9 Å². The molecule has 0 aromatic heterocycles. The highest BCUT2D eigenvalue weighted by Gasteiger charge is 2.15. The van der Waals surface area contributed by atoms with E-state index >= 15 is 0 Å². The quantitative estimate of drug-likeness (QED) is 0.764. The van der Waals surface area contributed by atoms with Gasteiger partial charge in [0.1, 0.15) is 0 Å². The molecule has 1 heterocycles. The van der Waals surface area contributed by atoms with E-state index < -0.39 is 0 Å². The van der Waals surface area contributed by atoms with E-state index in [1.807, 2.05) is 6.92 Å². The number of rotatable bonds is 0. The van der Waals surface area contributed by atoms with Crippen LogP contribution in [0.5, 0.6) is 0 Å². The Hall–Kier alpha value is -1.57. The Morgan fingerprint density at radius 2 is 2.05 bits per heavy atom. The molecule has 1 aliphatic carbocycles. The van der Waals surface area contributed by atoms with E-state index in [2.05, 4.69) is 37.4 Å². The van der Waals surface area contributed by atoms with Gasteiger partial charge in [0.15, 0.2) is 5.78 Å². The molecule has 0 saturated carbocycles. The molecule has 0 fully saturated rings. The van der Waals surface area contributed by atoms with Gasteiger partial charge in [-0.25, -0.2) is 0 Å². The maximum atomic E-state index is 10.6. The highest BCUT2D eigenvalue weighted by atomic mass is 16.1. The van der Waals surface area contributed by atoms with Gasteiger partial charge in [0.2, 0.25) is 0 Å². The highest BCUT2D eigenvalue weighted by Crippen LogP contribution is 2.22. The van der Waals surface area contributed by atoms with Gasteiger partial charge in [-0.2, -0.15) is 0 Å². The second-order valence-corrected chi connectivity index (χ2v) is 5.65. The van der Waals surface area contributed by atoms with Crippen molar-refractivity contribution >= 4 is 11.5 Å². The summed E-state index contributed by atoms with van der Waals surface area (Å²) in [7, 11) is 0. The molecule has 1 aliphatic heterocycles. The second kappa shape index (κ2) is 6.05. The normalized spacial score (nSPS) is 20.9. The van der Waals surface area contributed by atoms with Gasteiger partial charge in [0.25, 0.3) is 0 Å². The van der Waals surface area contributed by atoms with Crippen molar-refractivity contribution in [1.82, 2.24) is 0 Å². The molecule has 0 bridgehead atoms. The first-order chi connectivity index (χ1) is 9.06. The summed E-state index contributed by atoms with van der Waals surface area (Å²) >= 11 is 0. The lowest BCUT2D eigenvalue weighted by Gasteiger charge is -2.17. The van der Waals surface area contributed by atoms with Crippen LogP contribution in [0.1, 0.15) is 37.8 Å². The predicted octanol–water partition coefficient (Wildman–Crippen LogP) is 3.89. The molecule has 1 atom stereocenters. The summed E-state index contributed by atoms with van der Waals surface area (Å²) in [5.74, 6) is 0.789. The number of hydrogen-bond donors (Lipinski definition) is 1. The number of ketones is 1. The van der Waals surface area contributed by atoms with E-state index in [1.54, 1.807) is 6.08 Å². The molecule has 0 spiro atoms. The summed E-state index contributed by atoms with van der Waals surface area (Å²) in [6, 6.07) is 6.65. The monoisotopic (exact) mass is 257 g/mol. The zero-order valence-electron chi connectivity index (χ0n) is 12.1. The first kappa shape index (κ1) is 13.9. The van der Waals surface area contributed by atoms with Gasteiger partial charge in [0, 0.05) is 18.7 Å². The molecule has 102 valence electrons. The van der Waals surface area contributed by atoms with Crippen LogP contribution in [0.4, 0.5) is 5.69 Å². The Labute approximate surface area is 115 Å². The molecular formula is C17H23NO. The summed E-state index contributed by atoms with van der Waals surface area (Å²) < 4.78 is 0. The van der Waals surface area contributed by atoms with Crippen LogP contribution in [-0.4, -0.2) is 12.3 Å². The first-order valence-electron chi connectivity index (χ1n) is 7.10. The third-order valence-electron chi connectivity index (χ3n) is 3.88. The fraction of sp³-hybridized carbons (Fsp3) is 0.471. The van der Waals surface area contributed by atoms with Crippen LogP contribution in [0.15, 0.2) is 29.8 Å². The molecular weight excluding hydrogens is 234 g/mol. The molecule has 0 radical (unpaired) electrons. The minimum absolute atomic E-state index is 0.287. The fourth-order valence-electron chi connectivity index (χ4n) is 2.49. The average molecular weight is 257 g/mol. The number of anilines is 1. The van der Waals surface area contributed by atoms with Crippen molar-refractivity contribution in [3.8, 4) is 0 Å². The Morgan fingerprint density at radius 3 is 2.63 bits per heavy atom. The topological polar surface area (TPSA) is 29.1 Å². The maximum absolute atomic E-state index is 10.6. The van der Waals surface area contributed by atoms with Crippen LogP contribution in [0.2, 0.25) is 0 Å². The average Bonchev–Trinajstić information content (AvgIpc) is 2.67. The lowest BCUT2D eigenvalue weighted by molar-refractivity contribution is -0.114. The lowest BCUT2D eigenvalue weighted by Crippen LogP contribution is -2.11. The number of benzene rings is 1. The first-order valence-corrected chi connectivity index (χ1v) is 7.10. The van der Waals surface area contributed by atoms with Crippen molar-refractivity contribution in [1.29, 1.82) is 0 Å². The molecule has 1 aromatic carbocycles. The summed E-state index contributed by atoms with van der Waals surface area (Å²) in [6.07, 6.45) is 4.98. The van der Waals surface area contributed by atoms with E-state index in [1.165, 1.54) is 35.2 Å². The third kappa shape index (κ3) is 3.69. The minimum Gasteiger partial charge on any atom is -0.385 e. The van der Waals surface area contributed by atoms with Gasteiger partial charge in [-0.15, -0.1) is 0 Å². The molecule has 3 rings (SSSR count). The molecule has 0 amide bonds. The van der Waals surface area contributed by atoms with Crippen LogP contribution < -0.4 is 5.32 Å². The maximum Gasteiger partial charge on any atom is 0.156 e. The number of fused-ring (bicyclic) bond motifs is 1. The smallest absolute Gasteiger partial charge is 0.156 e. The second-order valence-electron chi connectivity index (χ2n) is 5.65. The molecule has 2 heteroatoms. The summed E-state index contributed by atoms with van der Waals surface area (Å²) in [5, 5.41) is 3.40. The van der Waals surface area contributed by atoms with Gasteiger partial charge in [-0.3, -0.25) is 4.79 Å². The minimum atomic E-state index is 0.287. The Morgan fingerprint density at radius 1 is 1.26 bits per heavy atom. The Bertz CT molecular complexity index is 502. The van der Waals surface area contributed by atoms with Crippen LogP contribution in [-0.2, 0) is 11.2 Å². The third-order valence-corrected chi connectivity index (χ3v) is 3.88. The van der Waals surface area contributed by atoms with E-state index in [-0.39, 0.29) is 5.78 Å². The number of allylic oxidation sites excluding steroid dienone is 2. The number of carbonyl (C=O) groups is 1. The van der Waals surface area contributed by atoms with Gasteiger partial charge < -0.3 is 5.32 Å². The van der Waals surface area contributed by atoms with Crippen LogP contribution in [0.3, 0.4) is 0 Å². The van der Waals surface area contributed by atoms with E-state index in [0.717, 1.165) is 13.0 Å². The van der Waals surface area contributed by atoms with Crippen LogP contribution in [0, 0.1) is 12.8 Å². The molecule has 0 saturated heterocycles. The van der Waals surface area contributed by atoms with Gasteiger partial charge >= 0.3 is 0 Å². The fourth-order valence-corrected chi connectivity index (χ4v) is 2.49. The number of hydrogen-bond acceptors (Lipinski definition) is 2. The lowest BCUT2D eigenvalue weighted by atomic mass is 10.0. The van der Waals surface area contributed by atoms with E-state index in [4.69, 9.17) is 0 Å². The highest BCUT2D eigenvalue weighted by molar-refractivity contribution is 5.93. The van der Waals surface area contributed by atoms with Crippen molar-refractivity contribution in [2.45, 2.75) is 40.0 Å². The molecule has 2 aliphatic rings. The largest absolute Gasteiger partial charge is 0.385 e. The zero-order valence-corrected chi connectivity index (χ0v) is 12.1. The van der Waals surface area contributed by atoms with Crippen molar-refractivity contribution in [2.24, 2.45) is 5.92 Å². The molecule has 1 aromatic rings. The summed E-state index contributed by atoms with van der Waals surface area (Å²) in [5.41, 5.74) is 5.39. The molecule has 19 heavy (non-hydrogen) atoms.